The molecule has 0 saturated heterocycles. The van der Waals surface area contributed by atoms with Crippen LogP contribution in [0.3, 0.4) is 0 Å². The number of tetrazole rings is 1. The van der Waals surface area contributed by atoms with Gasteiger partial charge in [-0.25, -0.2) is 9.59 Å². The molecule has 0 aliphatic heterocycles. The number of aryl methyl sites for hydroxylation is 1. The topological polar surface area (TPSA) is 122 Å². The van der Waals surface area contributed by atoms with Crippen LogP contribution < -0.4 is 10.6 Å². The maximum Gasteiger partial charge on any atom is 0.337 e. The summed E-state index contributed by atoms with van der Waals surface area (Å²) in [6.07, 6.45) is 0. The van der Waals surface area contributed by atoms with Crippen molar-refractivity contribution < 1.29 is 14.7 Å². The Bertz CT molecular complexity index is 623. The van der Waals surface area contributed by atoms with Gasteiger partial charge in [-0.3, -0.25) is 5.32 Å². The van der Waals surface area contributed by atoms with Crippen LogP contribution in [0, 0.1) is 0 Å². The fourth-order valence-corrected chi connectivity index (χ4v) is 1.37. The van der Waals surface area contributed by atoms with E-state index in [0.717, 1.165) is 0 Å². The van der Waals surface area contributed by atoms with Crippen molar-refractivity contribution in [2.24, 2.45) is 7.05 Å². The van der Waals surface area contributed by atoms with Crippen LogP contribution in [-0.4, -0.2) is 37.3 Å². The predicted molar refractivity (Wildman–Crippen MR) is 64.8 cm³/mol. The Kier molecular flexibility index (Phi) is 3.37. The molecule has 98 valence electrons. The Morgan fingerprint density at radius 2 is 2.00 bits per heavy atom. The molecule has 1 heterocycles. The summed E-state index contributed by atoms with van der Waals surface area (Å²) < 4.78 is 0. The number of carbonyl (C=O) groups excluding carboxylic acids is 1. The zero-order valence-corrected chi connectivity index (χ0v) is 9.86. The summed E-state index contributed by atoms with van der Waals surface area (Å²) in [6.45, 7) is 0. The number of aromatic carboxylic acids is 1. The highest BCUT2D eigenvalue weighted by atomic mass is 16.4. The number of urea groups is 1. The molecule has 19 heavy (non-hydrogen) atoms. The minimum absolute atomic E-state index is 0.00949. The molecule has 2 amide bonds. The van der Waals surface area contributed by atoms with Gasteiger partial charge in [-0.1, -0.05) is 17.2 Å². The van der Waals surface area contributed by atoms with Crippen LogP contribution in [0.1, 0.15) is 10.4 Å². The first-order chi connectivity index (χ1) is 9.06. The minimum Gasteiger partial charge on any atom is -0.478 e. The van der Waals surface area contributed by atoms with E-state index in [0.29, 0.717) is 0 Å². The number of benzene rings is 1. The average Bonchev–Trinajstić information content (AvgIpc) is 2.75. The molecule has 0 spiro atoms. The molecule has 2 aromatic rings. The largest absolute Gasteiger partial charge is 0.478 e. The molecule has 0 saturated carbocycles. The molecule has 1 aromatic carbocycles. The third-order valence-electron chi connectivity index (χ3n) is 2.14. The van der Waals surface area contributed by atoms with Gasteiger partial charge in [0.2, 0.25) is 0 Å². The van der Waals surface area contributed by atoms with Gasteiger partial charge in [0.05, 0.1) is 18.3 Å². The lowest BCUT2D eigenvalue weighted by molar-refractivity contribution is 0.0698. The lowest BCUT2D eigenvalue weighted by Crippen LogP contribution is -2.21. The van der Waals surface area contributed by atoms with Gasteiger partial charge in [0.15, 0.2) is 0 Å². The van der Waals surface area contributed by atoms with Crippen molar-refractivity contribution in [3.8, 4) is 0 Å². The Balaban J connectivity index is 2.09. The van der Waals surface area contributed by atoms with Crippen molar-refractivity contribution in [2.45, 2.75) is 0 Å². The number of para-hydroxylation sites is 1. The SMILES string of the molecule is Cn1nnc(NC(=O)Nc2ccccc2C(=O)O)n1. The van der Waals surface area contributed by atoms with Crippen molar-refractivity contribution in [1.82, 2.24) is 20.2 Å². The Hall–Kier alpha value is -2.97. The van der Waals surface area contributed by atoms with E-state index < -0.39 is 12.0 Å². The van der Waals surface area contributed by atoms with Crippen LogP contribution in [0.2, 0.25) is 0 Å². The van der Waals surface area contributed by atoms with Gasteiger partial charge in [0.25, 0.3) is 5.95 Å². The van der Waals surface area contributed by atoms with E-state index in [4.69, 9.17) is 5.11 Å². The van der Waals surface area contributed by atoms with Crippen molar-refractivity contribution >= 4 is 23.6 Å². The maximum atomic E-state index is 11.6. The fraction of sp³-hybridized carbons (Fsp3) is 0.100. The monoisotopic (exact) mass is 262 g/mol. The van der Waals surface area contributed by atoms with Gasteiger partial charge >= 0.3 is 12.0 Å². The lowest BCUT2D eigenvalue weighted by atomic mass is 10.2. The number of carbonyl (C=O) groups is 2. The molecule has 0 atom stereocenters. The van der Waals surface area contributed by atoms with Crippen LogP contribution >= 0.6 is 0 Å². The number of hydrogen-bond donors (Lipinski definition) is 3. The highest BCUT2D eigenvalue weighted by Crippen LogP contribution is 2.14. The van der Waals surface area contributed by atoms with Crippen LogP contribution in [0.4, 0.5) is 16.4 Å². The van der Waals surface area contributed by atoms with E-state index in [1.54, 1.807) is 19.2 Å². The summed E-state index contributed by atoms with van der Waals surface area (Å²) in [7, 11) is 1.55. The van der Waals surface area contributed by atoms with Gasteiger partial charge in [0, 0.05) is 0 Å². The van der Waals surface area contributed by atoms with Crippen LogP contribution in [-0.2, 0) is 7.05 Å². The molecular weight excluding hydrogens is 252 g/mol. The first-order valence-electron chi connectivity index (χ1n) is 5.20. The van der Waals surface area contributed by atoms with E-state index in [2.05, 4.69) is 26.0 Å². The molecule has 9 nitrogen and oxygen atoms in total. The standard InChI is InChI=1S/C10H10N6O3/c1-16-14-9(13-15-16)12-10(19)11-7-5-3-2-4-6(7)8(17)18/h2-5H,1H3,(H,17,18)(H2,11,12,14,19). The molecule has 1 aromatic heterocycles. The molecule has 9 heteroatoms. The number of carboxylic acid groups (broad SMARTS) is 1. The van der Waals surface area contributed by atoms with Gasteiger partial charge in [-0.2, -0.15) is 4.80 Å². The molecule has 0 bridgehead atoms. The Labute approximate surface area is 107 Å². The number of nitrogens with zero attached hydrogens (tertiary/aromatic N) is 4. The highest BCUT2D eigenvalue weighted by Gasteiger charge is 2.12. The van der Waals surface area contributed by atoms with E-state index in [9.17, 15) is 9.59 Å². The van der Waals surface area contributed by atoms with Crippen molar-refractivity contribution in [3.05, 3.63) is 29.8 Å². The van der Waals surface area contributed by atoms with Gasteiger partial charge in [0.1, 0.15) is 0 Å². The quantitative estimate of drug-likeness (QED) is 0.742. The maximum absolute atomic E-state index is 11.6. The Morgan fingerprint density at radius 3 is 2.63 bits per heavy atom. The summed E-state index contributed by atoms with van der Waals surface area (Å²) in [6, 6.07) is 5.40. The van der Waals surface area contributed by atoms with Crippen LogP contribution in [0.25, 0.3) is 0 Å². The fourth-order valence-electron chi connectivity index (χ4n) is 1.37. The molecule has 0 aliphatic carbocycles. The summed E-state index contributed by atoms with van der Waals surface area (Å²) in [5.41, 5.74) is 0.168. The second-order valence-electron chi connectivity index (χ2n) is 3.53. The molecule has 0 fully saturated rings. The molecule has 0 unspecified atom stereocenters. The van der Waals surface area contributed by atoms with Crippen molar-refractivity contribution in [1.29, 1.82) is 0 Å². The normalized spacial score (nSPS) is 9.95. The lowest BCUT2D eigenvalue weighted by Gasteiger charge is -2.07. The molecule has 0 aliphatic rings. The molecule has 0 radical (unpaired) electrons. The number of hydrogen-bond acceptors (Lipinski definition) is 5. The minimum atomic E-state index is -1.13. The number of carboxylic acids is 1. The highest BCUT2D eigenvalue weighted by molar-refractivity contribution is 6.03. The molecule has 3 N–H and O–H groups in total. The predicted octanol–water partition coefficient (Wildman–Crippen LogP) is 0.552. The van der Waals surface area contributed by atoms with Crippen molar-refractivity contribution in [2.75, 3.05) is 10.6 Å². The Morgan fingerprint density at radius 1 is 1.26 bits per heavy atom. The summed E-state index contributed by atoms with van der Waals surface area (Å²) in [5, 5.41) is 24.6. The van der Waals surface area contributed by atoms with Gasteiger partial charge in [-0.15, -0.1) is 5.10 Å². The number of aromatic nitrogens is 4. The second kappa shape index (κ2) is 5.12. The van der Waals surface area contributed by atoms with E-state index in [1.165, 1.54) is 16.9 Å². The first kappa shape index (κ1) is 12.5. The third kappa shape index (κ3) is 3.03. The number of amides is 2. The first-order valence-corrected chi connectivity index (χ1v) is 5.20. The number of rotatable bonds is 3. The smallest absolute Gasteiger partial charge is 0.337 e. The van der Waals surface area contributed by atoms with Crippen LogP contribution in [0.5, 0.6) is 0 Å². The average molecular weight is 262 g/mol. The number of nitrogens with one attached hydrogen (secondary N) is 2. The zero-order chi connectivity index (χ0) is 13.8. The van der Waals surface area contributed by atoms with E-state index in [1.807, 2.05) is 0 Å². The zero-order valence-electron chi connectivity index (χ0n) is 9.86. The van der Waals surface area contributed by atoms with Gasteiger partial charge < -0.3 is 10.4 Å². The summed E-state index contributed by atoms with van der Waals surface area (Å²) in [5.74, 6) is -1.11. The van der Waals surface area contributed by atoms with E-state index >= 15 is 0 Å². The second-order valence-corrected chi connectivity index (χ2v) is 3.53. The molecule has 2 rings (SSSR count). The van der Waals surface area contributed by atoms with Crippen molar-refractivity contribution in [3.63, 3.8) is 0 Å². The number of anilines is 2. The van der Waals surface area contributed by atoms with Gasteiger partial charge in [-0.05, 0) is 17.3 Å². The summed E-state index contributed by atoms with van der Waals surface area (Å²) >= 11 is 0. The van der Waals surface area contributed by atoms with Crippen LogP contribution in [0.15, 0.2) is 24.3 Å². The third-order valence-corrected chi connectivity index (χ3v) is 2.14. The molecular formula is C10H10N6O3. The summed E-state index contributed by atoms with van der Waals surface area (Å²) in [4.78, 5) is 23.8. The van der Waals surface area contributed by atoms with E-state index in [-0.39, 0.29) is 17.2 Å².